The highest BCUT2D eigenvalue weighted by Crippen LogP contribution is 2.59. The molecule has 0 radical (unpaired) electrons. The Kier molecular flexibility index (Phi) is 7.51. The molecular weight excluding hydrogens is 368 g/mol. The highest BCUT2D eigenvalue weighted by Gasteiger charge is 2.50. The Balaban J connectivity index is 1.76. The van der Waals surface area contributed by atoms with Gasteiger partial charge in [0.2, 0.25) is 0 Å². The molecule has 2 heteroatoms. The molecule has 3 aliphatic rings. The van der Waals surface area contributed by atoms with Crippen molar-refractivity contribution in [2.75, 3.05) is 0 Å². The molecule has 2 N–H and O–H groups in total. The molecule has 30 heavy (non-hydrogen) atoms. The fourth-order valence-corrected chi connectivity index (χ4v) is 6.32. The summed E-state index contributed by atoms with van der Waals surface area (Å²) in [6.45, 7) is 16.0. The predicted molar refractivity (Wildman–Crippen MR) is 127 cm³/mol. The first kappa shape index (κ1) is 23.5. The first-order valence-electron chi connectivity index (χ1n) is 12.3. The van der Waals surface area contributed by atoms with E-state index in [0.717, 1.165) is 17.1 Å². The van der Waals surface area contributed by atoms with Crippen LogP contribution in [0.1, 0.15) is 79.6 Å². The Bertz CT molecular complexity index is 712. The van der Waals surface area contributed by atoms with E-state index in [2.05, 4.69) is 65.5 Å². The Hall–Kier alpha value is -1.12. The van der Waals surface area contributed by atoms with E-state index in [0.29, 0.717) is 41.9 Å². The van der Waals surface area contributed by atoms with Crippen LogP contribution in [0.5, 0.6) is 0 Å². The van der Waals surface area contributed by atoms with Gasteiger partial charge in [0.05, 0.1) is 12.2 Å². The average Bonchev–Trinajstić information content (AvgIpc) is 3.04. The van der Waals surface area contributed by atoms with Crippen LogP contribution >= 0.6 is 0 Å². The molecule has 0 aromatic rings. The summed E-state index contributed by atoms with van der Waals surface area (Å²) < 4.78 is 0. The van der Waals surface area contributed by atoms with E-state index in [9.17, 15) is 10.2 Å². The van der Waals surface area contributed by atoms with Gasteiger partial charge < -0.3 is 10.2 Å². The normalized spacial score (nSPS) is 39.8. The van der Waals surface area contributed by atoms with Gasteiger partial charge in [-0.1, -0.05) is 71.1 Å². The molecule has 0 saturated heterocycles. The molecule has 0 aromatic heterocycles. The molecule has 3 fully saturated rings. The summed E-state index contributed by atoms with van der Waals surface area (Å²) in [5.41, 5.74) is 3.77. The molecule has 0 bridgehead atoms. The molecule has 0 heterocycles. The van der Waals surface area contributed by atoms with Gasteiger partial charge in [0, 0.05) is 6.42 Å². The fourth-order valence-electron chi connectivity index (χ4n) is 6.32. The summed E-state index contributed by atoms with van der Waals surface area (Å²) in [5.74, 6) is 3.38. The van der Waals surface area contributed by atoms with Crippen molar-refractivity contribution in [2.45, 2.75) is 91.8 Å². The zero-order valence-corrected chi connectivity index (χ0v) is 19.9. The Labute approximate surface area is 184 Å². The molecule has 2 nitrogen and oxygen atoms in total. The summed E-state index contributed by atoms with van der Waals surface area (Å²) in [5, 5.41) is 20.2. The standard InChI is InChI=1S/C28H44O2/c1-18(2)19(3)9-10-20(4)25-13-14-26-22(8-7-15-28(25,26)6)11-12-23-16-24(29)17-27(30)21(23)5/h9-12,18-20,24-27,29-30H,5,7-8,13-17H2,1-4,6H3/b10-9+,22-11+,23-12+/t19-,20+,24-,25+,26-,27-,28+/m0/s1. The number of hydrogen-bond acceptors (Lipinski definition) is 2. The largest absolute Gasteiger partial charge is 0.393 e. The number of allylic oxidation sites excluding steroid dienone is 5. The van der Waals surface area contributed by atoms with Crippen LogP contribution < -0.4 is 0 Å². The second-order valence-corrected chi connectivity index (χ2v) is 11.0. The van der Waals surface area contributed by atoms with E-state index in [1.54, 1.807) is 5.57 Å². The van der Waals surface area contributed by atoms with E-state index in [1.807, 2.05) is 0 Å². The van der Waals surface area contributed by atoms with Crippen molar-refractivity contribution < 1.29 is 10.2 Å². The summed E-state index contributed by atoms with van der Waals surface area (Å²) in [7, 11) is 0. The number of aliphatic hydroxyl groups excluding tert-OH is 2. The van der Waals surface area contributed by atoms with E-state index >= 15 is 0 Å². The van der Waals surface area contributed by atoms with Gasteiger partial charge in [-0.15, -0.1) is 0 Å². The highest BCUT2D eigenvalue weighted by atomic mass is 16.3. The Morgan fingerprint density at radius 1 is 1.07 bits per heavy atom. The van der Waals surface area contributed by atoms with Crippen molar-refractivity contribution in [3.05, 3.63) is 47.6 Å². The van der Waals surface area contributed by atoms with Crippen LogP contribution in [0.4, 0.5) is 0 Å². The minimum Gasteiger partial charge on any atom is -0.393 e. The molecule has 7 atom stereocenters. The van der Waals surface area contributed by atoms with Crippen LogP contribution in [-0.2, 0) is 0 Å². The first-order valence-corrected chi connectivity index (χ1v) is 12.3. The van der Waals surface area contributed by atoms with Gasteiger partial charge in [0.15, 0.2) is 0 Å². The Morgan fingerprint density at radius 2 is 1.80 bits per heavy atom. The van der Waals surface area contributed by atoms with Crippen molar-refractivity contribution in [2.24, 2.45) is 35.0 Å². The van der Waals surface area contributed by atoms with Crippen LogP contribution in [0.3, 0.4) is 0 Å². The van der Waals surface area contributed by atoms with Crippen LogP contribution in [0, 0.1) is 35.0 Å². The van der Waals surface area contributed by atoms with E-state index in [4.69, 9.17) is 0 Å². The number of rotatable bonds is 5. The van der Waals surface area contributed by atoms with Crippen molar-refractivity contribution in [1.29, 1.82) is 0 Å². The molecule has 168 valence electrons. The molecule has 3 aliphatic carbocycles. The molecule has 3 rings (SSSR count). The Morgan fingerprint density at radius 3 is 2.50 bits per heavy atom. The molecule has 0 amide bonds. The van der Waals surface area contributed by atoms with E-state index < -0.39 is 12.2 Å². The van der Waals surface area contributed by atoms with E-state index in [-0.39, 0.29) is 0 Å². The van der Waals surface area contributed by atoms with Crippen LogP contribution in [0.25, 0.3) is 0 Å². The van der Waals surface area contributed by atoms with Gasteiger partial charge >= 0.3 is 0 Å². The number of hydrogen-bond donors (Lipinski definition) is 2. The first-order chi connectivity index (χ1) is 14.1. The third kappa shape index (κ3) is 4.86. The third-order valence-electron chi connectivity index (χ3n) is 8.71. The minimum atomic E-state index is -0.605. The van der Waals surface area contributed by atoms with Gasteiger partial charge in [-0.2, -0.15) is 0 Å². The molecule has 0 aromatic carbocycles. The molecule has 0 unspecified atom stereocenters. The average molecular weight is 413 g/mol. The van der Waals surface area contributed by atoms with Crippen molar-refractivity contribution in [3.63, 3.8) is 0 Å². The maximum atomic E-state index is 10.1. The maximum Gasteiger partial charge on any atom is 0.0811 e. The molecule has 0 spiro atoms. The van der Waals surface area contributed by atoms with Crippen LogP contribution in [0.15, 0.2) is 47.6 Å². The van der Waals surface area contributed by atoms with Crippen molar-refractivity contribution >= 4 is 0 Å². The quantitative estimate of drug-likeness (QED) is 0.499. The molecule has 0 aliphatic heterocycles. The lowest BCUT2D eigenvalue weighted by Crippen LogP contribution is -2.35. The van der Waals surface area contributed by atoms with Gasteiger partial charge in [-0.3, -0.25) is 0 Å². The highest BCUT2D eigenvalue weighted by molar-refractivity contribution is 5.38. The zero-order valence-electron chi connectivity index (χ0n) is 19.9. The second-order valence-electron chi connectivity index (χ2n) is 11.0. The minimum absolute atomic E-state index is 0.385. The summed E-state index contributed by atoms with van der Waals surface area (Å²) in [4.78, 5) is 0. The summed E-state index contributed by atoms with van der Waals surface area (Å²) in [6.07, 6.45) is 15.8. The van der Waals surface area contributed by atoms with Crippen LogP contribution in [0.2, 0.25) is 0 Å². The number of fused-ring (bicyclic) bond motifs is 1. The zero-order chi connectivity index (χ0) is 22.1. The predicted octanol–water partition coefficient (Wildman–Crippen LogP) is 6.61. The topological polar surface area (TPSA) is 40.5 Å². The SMILES string of the molecule is C=C1/C(=C/C=C2\CCC[C@]3(C)[C@@H]([C@H](C)/C=C/[C@H](C)C(C)C)CC[C@@H]23)C[C@H](O)C[C@@H]1O. The van der Waals surface area contributed by atoms with E-state index in [1.165, 1.54) is 32.1 Å². The summed E-state index contributed by atoms with van der Waals surface area (Å²) >= 11 is 0. The monoisotopic (exact) mass is 412 g/mol. The van der Waals surface area contributed by atoms with Crippen molar-refractivity contribution in [3.8, 4) is 0 Å². The van der Waals surface area contributed by atoms with Gasteiger partial charge in [-0.25, -0.2) is 0 Å². The van der Waals surface area contributed by atoms with Crippen LogP contribution in [-0.4, -0.2) is 22.4 Å². The fraction of sp³-hybridized carbons (Fsp3) is 0.714. The van der Waals surface area contributed by atoms with Gasteiger partial charge in [0.25, 0.3) is 0 Å². The number of aliphatic hydroxyl groups is 2. The second kappa shape index (κ2) is 9.57. The van der Waals surface area contributed by atoms with Gasteiger partial charge in [0.1, 0.15) is 0 Å². The lowest BCUT2D eigenvalue weighted by Gasteiger charge is -2.44. The summed E-state index contributed by atoms with van der Waals surface area (Å²) in [6, 6.07) is 0. The maximum absolute atomic E-state index is 10.1. The molecule has 3 saturated carbocycles. The van der Waals surface area contributed by atoms with Gasteiger partial charge in [-0.05, 0) is 84.7 Å². The molecular formula is C28H44O2. The van der Waals surface area contributed by atoms with Crippen molar-refractivity contribution in [1.82, 2.24) is 0 Å². The smallest absolute Gasteiger partial charge is 0.0811 e. The lowest BCUT2D eigenvalue weighted by atomic mass is 9.61. The lowest BCUT2D eigenvalue weighted by molar-refractivity contribution is 0.0862. The third-order valence-corrected chi connectivity index (χ3v) is 8.71.